The maximum atomic E-state index is 12.6. The van der Waals surface area contributed by atoms with Crippen LogP contribution in [0, 0.1) is 5.82 Å². The van der Waals surface area contributed by atoms with Crippen LogP contribution in [0.3, 0.4) is 0 Å². The number of carbonyl (C=O) groups is 1. The zero-order chi connectivity index (χ0) is 11.4. The monoisotopic (exact) mass is 225 g/mol. The van der Waals surface area contributed by atoms with Gasteiger partial charge in [0.1, 0.15) is 12.4 Å². The molecule has 1 fully saturated rings. The quantitative estimate of drug-likeness (QED) is 0.789. The van der Waals surface area contributed by atoms with Gasteiger partial charge in [0.15, 0.2) is 0 Å². The summed E-state index contributed by atoms with van der Waals surface area (Å²) in [5.74, 6) is -0.306. The van der Waals surface area contributed by atoms with Gasteiger partial charge in [-0.25, -0.2) is 9.18 Å². The summed E-state index contributed by atoms with van der Waals surface area (Å²) in [4.78, 5) is 11.2. The van der Waals surface area contributed by atoms with Crippen molar-refractivity contribution >= 4 is 6.09 Å². The van der Waals surface area contributed by atoms with Crippen LogP contribution in [0.2, 0.25) is 0 Å². The molecule has 0 spiro atoms. The molecular formula is C11H12FNO3. The summed E-state index contributed by atoms with van der Waals surface area (Å²) in [6.45, 7) is 1.30. The summed E-state index contributed by atoms with van der Waals surface area (Å²) >= 11 is 0. The maximum absolute atomic E-state index is 12.6. The molecule has 1 atom stereocenters. The van der Waals surface area contributed by atoms with E-state index in [4.69, 9.17) is 9.47 Å². The predicted molar refractivity (Wildman–Crippen MR) is 54.3 cm³/mol. The van der Waals surface area contributed by atoms with Crippen LogP contribution < -0.4 is 5.32 Å². The first-order chi connectivity index (χ1) is 7.74. The minimum atomic E-state index is -0.486. The molecule has 0 saturated carbocycles. The summed E-state index contributed by atoms with van der Waals surface area (Å²) in [6.07, 6.45) is -0.349. The van der Waals surface area contributed by atoms with Crippen molar-refractivity contribution in [1.29, 1.82) is 0 Å². The predicted octanol–water partition coefficient (Wildman–Crippen LogP) is 1.45. The molecule has 1 unspecified atom stereocenters. The summed E-state index contributed by atoms with van der Waals surface area (Å²) in [5.41, 5.74) is 0.749. The van der Waals surface area contributed by atoms with Gasteiger partial charge in [0, 0.05) is 6.54 Å². The minimum Gasteiger partial charge on any atom is -0.445 e. The summed E-state index contributed by atoms with van der Waals surface area (Å²) in [5, 5.41) is 2.57. The molecule has 1 aliphatic rings. The largest absolute Gasteiger partial charge is 0.445 e. The molecule has 0 bridgehead atoms. The second-order valence-electron chi connectivity index (χ2n) is 3.54. The normalized spacial score (nSPS) is 17.9. The van der Waals surface area contributed by atoms with E-state index in [2.05, 4.69) is 5.32 Å². The van der Waals surface area contributed by atoms with E-state index in [0.717, 1.165) is 5.56 Å². The Balaban J connectivity index is 1.69. The Hall–Kier alpha value is -1.62. The second-order valence-corrected chi connectivity index (χ2v) is 3.54. The molecule has 2 rings (SSSR count). The van der Waals surface area contributed by atoms with Crippen LogP contribution in [-0.4, -0.2) is 25.3 Å². The van der Waals surface area contributed by atoms with Crippen molar-refractivity contribution in [2.75, 3.05) is 13.2 Å². The molecule has 1 N–H and O–H groups in total. The molecule has 1 heterocycles. The van der Waals surface area contributed by atoms with Crippen molar-refractivity contribution in [2.45, 2.75) is 12.7 Å². The standard InChI is InChI=1S/C11H12FNO3/c12-9-3-1-8(2-4-9)6-16-11(14)13-5-10-7-15-10/h1-4,10H,5-7H2,(H,13,14). The lowest BCUT2D eigenvalue weighted by atomic mass is 10.2. The van der Waals surface area contributed by atoms with E-state index in [1.807, 2.05) is 0 Å². The molecule has 1 amide bonds. The molecule has 1 aliphatic heterocycles. The molecule has 0 aliphatic carbocycles. The van der Waals surface area contributed by atoms with Gasteiger partial charge in [0.05, 0.1) is 12.7 Å². The smallest absolute Gasteiger partial charge is 0.407 e. The number of halogens is 1. The summed E-state index contributed by atoms with van der Waals surface area (Å²) in [6, 6.07) is 5.81. The lowest BCUT2D eigenvalue weighted by Gasteiger charge is -2.05. The fraction of sp³-hybridized carbons (Fsp3) is 0.364. The van der Waals surface area contributed by atoms with E-state index >= 15 is 0 Å². The average molecular weight is 225 g/mol. The summed E-state index contributed by atoms with van der Waals surface area (Å²) < 4.78 is 22.4. The van der Waals surface area contributed by atoms with E-state index < -0.39 is 6.09 Å². The molecule has 1 aromatic rings. The van der Waals surface area contributed by atoms with Crippen molar-refractivity contribution in [3.05, 3.63) is 35.6 Å². The van der Waals surface area contributed by atoms with Gasteiger partial charge in [0.2, 0.25) is 0 Å². The number of epoxide rings is 1. The number of hydrogen-bond acceptors (Lipinski definition) is 3. The van der Waals surface area contributed by atoms with Gasteiger partial charge in [-0.15, -0.1) is 0 Å². The van der Waals surface area contributed by atoms with Gasteiger partial charge >= 0.3 is 6.09 Å². The molecular weight excluding hydrogens is 213 g/mol. The Bertz CT molecular complexity index is 362. The molecule has 0 aromatic heterocycles. The molecule has 4 nitrogen and oxygen atoms in total. The third kappa shape index (κ3) is 3.51. The van der Waals surface area contributed by atoms with E-state index in [0.29, 0.717) is 13.2 Å². The highest BCUT2D eigenvalue weighted by Crippen LogP contribution is 2.07. The SMILES string of the molecule is O=C(NCC1CO1)OCc1ccc(F)cc1. The Morgan fingerprint density at radius 3 is 2.81 bits per heavy atom. The number of benzene rings is 1. The van der Waals surface area contributed by atoms with E-state index in [-0.39, 0.29) is 18.5 Å². The zero-order valence-electron chi connectivity index (χ0n) is 8.61. The van der Waals surface area contributed by atoms with Crippen LogP contribution in [0.25, 0.3) is 0 Å². The lowest BCUT2D eigenvalue weighted by molar-refractivity contribution is 0.138. The molecule has 1 aromatic carbocycles. The molecule has 16 heavy (non-hydrogen) atoms. The van der Waals surface area contributed by atoms with E-state index in [1.165, 1.54) is 12.1 Å². The van der Waals surface area contributed by atoms with Crippen molar-refractivity contribution in [3.8, 4) is 0 Å². The number of ether oxygens (including phenoxy) is 2. The Morgan fingerprint density at radius 1 is 1.50 bits per heavy atom. The first kappa shape index (κ1) is 10.9. The Kier molecular flexibility index (Phi) is 3.36. The van der Waals surface area contributed by atoms with Crippen LogP contribution >= 0.6 is 0 Å². The van der Waals surface area contributed by atoms with Crippen LogP contribution in [0.15, 0.2) is 24.3 Å². The number of amides is 1. The van der Waals surface area contributed by atoms with Crippen molar-refractivity contribution in [1.82, 2.24) is 5.32 Å². The van der Waals surface area contributed by atoms with Crippen molar-refractivity contribution in [2.24, 2.45) is 0 Å². The number of rotatable bonds is 4. The summed E-state index contributed by atoms with van der Waals surface area (Å²) in [7, 11) is 0. The Morgan fingerprint density at radius 2 is 2.19 bits per heavy atom. The topological polar surface area (TPSA) is 50.9 Å². The van der Waals surface area contributed by atoms with Crippen LogP contribution in [0.5, 0.6) is 0 Å². The highest BCUT2D eigenvalue weighted by atomic mass is 19.1. The third-order valence-electron chi connectivity index (χ3n) is 2.16. The van der Waals surface area contributed by atoms with Gasteiger partial charge in [-0.2, -0.15) is 0 Å². The molecule has 0 radical (unpaired) electrons. The fourth-order valence-electron chi connectivity index (χ4n) is 1.16. The van der Waals surface area contributed by atoms with Gasteiger partial charge in [0.25, 0.3) is 0 Å². The minimum absolute atomic E-state index is 0.137. The van der Waals surface area contributed by atoms with Crippen LogP contribution in [-0.2, 0) is 16.1 Å². The van der Waals surface area contributed by atoms with Crippen LogP contribution in [0.4, 0.5) is 9.18 Å². The first-order valence-electron chi connectivity index (χ1n) is 5.01. The van der Waals surface area contributed by atoms with Gasteiger partial charge in [-0.1, -0.05) is 12.1 Å². The lowest BCUT2D eigenvalue weighted by Crippen LogP contribution is -2.27. The van der Waals surface area contributed by atoms with Gasteiger partial charge < -0.3 is 14.8 Å². The third-order valence-corrected chi connectivity index (χ3v) is 2.16. The molecule has 1 saturated heterocycles. The zero-order valence-corrected chi connectivity index (χ0v) is 8.61. The molecule has 86 valence electrons. The highest BCUT2D eigenvalue weighted by molar-refractivity contribution is 5.67. The van der Waals surface area contributed by atoms with E-state index in [1.54, 1.807) is 12.1 Å². The van der Waals surface area contributed by atoms with Gasteiger partial charge in [-0.05, 0) is 17.7 Å². The second kappa shape index (κ2) is 4.94. The van der Waals surface area contributed by atoms with Gasteiger partial charge in [-0.3, -0.25) is 0 Å². The number of alkyl carbamates (subject to hydrolysis) is 1. The Labute approximate surface area is 92.4 Å². The van der Waals surface area contributed by atoms with E-state index in [9.17, 15) is 9.18 Å². The number of nitrogens with one attached hydrogen (secondary N) is 1. The van der Waals surface area contributed by atoms with Crippen molar-refractivity contribution in [3.63, 3.8) is 0 Å². The number of hydrogen-bond donors (Lipinski definition) is 1. The maximum Gasteiger partial charge on any atom is 0.407 e. The molecule has 5 heteroatoms. The van der Waals surface area contributed by atoms with Crippen LogP contribution in [0.1, 0.15) is 5.56 Å². The average Bonchev–Trinajstić information content (AvgIpc) is 3.09. The fourth-order valence-corrected chi connectivity index (χ4v) is 1.16. The first-order valence-corrected chi connectivity index (χ1v) is 5.01. The van der Waals surface area contributed by atoms with Crippen molar-refractivity contribution < 1.29 is 18.7 Å². The number of carbonyl (C=O) groups excluding carboxylic acids is 1. The highest BCUT2D eigenvalue weighted by Gasteiger charge is 2.22.